The van der Waals surface area contributed by atoms with Crippen LogP contribution < -0.4 is 0 Å². The van der Waals surface area contributed by atoms with Crippen LogP contribution in [0.3, 0.4) is 0 Å². The van der Waals surface area contributed by atoms with Crippen molar-refractivity contribution in [3.63, 3.8) is 0 Å². The molecular weight excluding hydrogens is 244 g/mol. The molecule has 1 saturated heterocycles. The van der Waals surface area contributed by atoms with Crippen LogP contribution >= 0.6 is 15.2 Å². The van der Waals surface area contributed by atoms with Gasteiger partial charge in [0, 0.05) is 19.3 Å². The van der Waals surface area contributed by atoms with Gasteiger partial charge in [0.15, 0.2) is 0 Å². The van der Waals surface area contributed by atoms with E-state index in [4.69, 9.17) is 19.6 Å². The lowest BCUT2D eigenvalue weighted by molar-refractivity contribution is 0.312. The van der Waals surface area contributed by atoms with Gasteiger partial charge in [-0.05, 0) is 12.8 Å². The van der Waals surface area contributed by atoms with Crippen molar-refractivity contribution in [3.8, 4) is 0 Å². The first-order valence-corrected chi connectivity index (χ1v) is 8.02. The summed E-state index contributed by atoms with van der Waals surface area (Å²) in [6, 6.07) is 0. The van der Waals surface area contributed by atoms with Crippen molar-refractivity contribution in [2.45, 2.75) is 18.6 Å². The molecule has 1 heterocycles. The topological polar surface area (TPSA) is 118 Å². The van der Waals surface area contributed by atoms with E-state index in [-0.39, 0.29) is 19.0 Å². The zero-order valence-corrected chi connectivity index (χ0v) is 9.85. The fourth-order valence-electron chi connectivity index (χ4n) is 1.40. The second-order valence-corrected chi connectivity index (χ2v) is 7.19. The van der Waals surface area contributed by atoms with E-state index >= 15 is 0 Å². The van der Waals surface area contributed by atoms with Crippen molar-refractivity contribution in [2.24, 2.45) is 0 Å². The standard InChI is InChI=1S/C6H15NO6P2/c8-14(9,10)5-1-2-6(7-3-4-7)15(11,12)13/h6H,1-5H2,(H2,8,9,10)(H2,11,12,13). The van der Waals surface area contributed by atoms with Gasteiger partial charge in [-0.1, -0.05) is 0 Å². The number of hydrogen-bond donors (Lipinski definition) is 4. The van der Waals surface area contributed by atoms with Crippen LogP contribution in [0.15, 0.2) is 0 Å². The Kier molecular flexibility index (Phi) is 4.12. The molecule has 1 aliphatic heterocycles. The zero-order valence-electron chi connectivity index (χ0n) is 8.06. The quantitative estimate of drug-likeness (QED) is 0.384. The van der Waals surface area contributed by atoms with Gasteiger partial charge >= 0.3 is 15.2 Å². The summed E-state index contributed by atoms with van der Waals surface area (Å²) in [5.74, 6) is -0.871. The summed E-state index contributed by atoms with van der Waals surface area (Å²) in [6.45, 7) is 1.29. The molecule has 90 valence electrons. The summed E-state index contributed by atoms with van der Waals surface area (Å²) in [5, 5.41) is 0. The van der Waals surface area contributed by atoms with Gasteiger partial charge in [-0.25, -0.2) is 0 Å². The van der Waals surface area contributed by atoms with E-state index < -0.39 is 21.0 Å². The van der Waals surface area contributed by atoms with E-state index in [2.05, 4.69) is 0 Å². The van der Waals surface area contributed by atoms with Crippen LogP contribution in [-0.2, 0) is 9.13 Å². The van der Waals surface area contributed by atoms with Gasteiger partial charge in [-0.3, -0.25) is 14.0 Å². The van der Waals surface area contributed by atoms with Gasteiger partial charge in [0.2, 0.25) is 0 Å². The van der Waals surface area contributed by atoms with E-state index in [0.717, 1.165) is 0 Å². The maximum atomic E-state index is 11.0. The molecular formula is C6H15NO6P2. The highest BCUT2D eigenvalue weighted by molar-refractivity contribution is 7.52. The number of nitrogens with zero attached hydrogens (tertiary/aromatic N) is 1. The molecule has 15 heavy (non-hydrogen) atoms. The molecule has 9 heteroatoms. The van der Waals surface area contributed by atoms with Gasteiger partial charge in [0.05, 0.1) is 0 Å². The molecule has 0 aromatic heterocycles. The molecule has 0 amide bonds. The summed E-state index contributed by atoms with van der Waals surface area (Å²) in [4.78, 5) is 36.8. The Labute approximate surface area is 87.4 Å². The fraction of sp³-hybridized carbons (Fsp3) is 1.00. The van der Waals surface area contributed by atoms with Gasteiger partial charge < -0.3 is 19.6 Å². The molecule has 1 unspecified atom stereocenters. The number of rotatable bonds is 6. The third kappa shape index (κ3) is 5.22. The summed E-state index contributed by atoms with van der Waals surface area (Å²) in [7, 11) is -8.23. The highest BCUT2D eigenvalue weighted by Crippen LogP contribution is 2.48. The lowest BCUT2D eigenvalue weighted by Gasteiger charge is -2.19. The van der Waals surface area contributed by atoms with E-state index in [1.807, 2.05) is 0 Å². The predicted molar refractivity (Wildman–Crippen MR) is 53.6 cm³/mol. The van der Waals surface area contributed by atoms with Crippen molar-refractivity contribution in [3.05, 3.63) is 0 Å². The molecule has 1 atom stereocenters. The van der Waals surface area contributed by atoms with Gasteiger partial charge in [0.25, 0.3) is 0 Å². The summed E-state index contributed by atoms with van der Waals surface area (Å²) >= 11 is 0. The molecule has 0 saturated carbocycles. The molecule has 0 radical (unpaired) electrons. The molecule has 1 rings (SSSR count). The molecule has 0 spiro atoms. The van der Waals surface area contributed by atoms with Crippen LogP contribution in [-0.4, -0.2) is 49.5 Å². The first-order chi connectivity index (χ1) is 6.70. The Morgan fingerprint density at radius 3 is 2.00 bits per heavy atom. The van der Waals surface area contributed by atoms with Crippen LogP contribution in [0.1, 0.15) is 12.8 Å². The van der Waals surface area contributed by atoms with E-state index in [1.165, 1.54) is 0 Å². The molecule has 7 nitrogen and oxygen atoms in total. The minimum absolute atomic E-state index is 0.120. The van der Waals surface area contributed by atoms with Crippen molar-refractivity contribution in [1.29, 1.82) is 0 Å². The zero-order chi connectivity index (χ0) is 11.7. The Balaban J connectivity index is 2.40. The molecule has 1 aliphatic rings. The second kappa shape index (κ2) is 4.63. The minimum Gasteiger partial charge on any atom is -0.324 e. The van der Waals surface area contributed by atoms with Crippen LogP contribution in [0.2, 0.25) is 0 Å². The van der Waals surface area contributed by atoms with Crippen LogP contribution in [0, 0.1) is 0 Å². The SMILES string of the molecule is O=P(O)(O)CCCC(N1CC1)P(=O)(O)O. The Hall–Kier alpha value is 0.260. The third-order valence-corrected chi connectivity index (χ3v) is 4.46. The lowest BCUT2D eigenvalue weighted by atomic mass is 10.3. The van der Waals surface area contributed by atoms with Gasteiger partial charge in [0.1, 0.15) is 5.78 Å². The lowest BCUT2D eigenvalue weighted by Crippen LogP contribution is -2.19. The first-order valence-electron chi connectivity index (χ1n) is 4.54. The largest absolute Gasteiger partial charge is 0.342 e. The molecule has 0 bridgehead atoms. The second-order valence-electron chi connectivity index (χ2n) is 3.64. The molecule has 0 aromatic rings. The summed E-state index contributed by atoms with van der Waals surface area (Å²) in [6.07, 6.45) is -0.0801. The smallest absolute Gasteiger partial charge is 0.324 e. The maximum absolute atomic E-state index is 11.0. The van der Waals surface area contributed by atoms with Crippen LogP contribution in [0.25, 0.3) is 0 Å². The number of hydrogen-bond acceptors (Lipinski definition) is 3. The van der Waals surface area contributed by atoms with Crippen LogP contribution in [0.5, 0.6) is 0 Å². The van der Waals surface area contributed by atoms with Crippen molar-refractivity contribution in [1.82, 2.24) is 4.90 Å². The summed E-state index contributed by atoms with van der Waals surface area (Å²) in [5.41, 5.74) is 0. The fourth-order valence-corrected chi connectivity index (χ4v) is 3.17. The maximum Gasteiger partial charge on any atom is 0.342 e. The normalized spacial score (nSPS) is 20.3. The molecule has 0 aromatic carbocycles. The van der Waals surface area contributed by atoms with Crippen molar-refractivity contribution < 1.29 is 28.7 Å². The summed E-state index contributed by atoms with van der Waals surface area (Å²) < 4.78 is 21.6. The van der Waals surface area contributed by atoms with E-state index in [0.29, 0.717) is 13.1 Å². The average Bonchev–Trinajstić information content (AvgIpc) is 2.75. The van der Waals surface area contributed by atoms with Crippen molar-refractivity contribution >= 4 is 15.2 Å². The monoisotopic (exact) mass is 259 g/mol. The molecule has 4 N–H and O–H groups in total. The Morgan fingerprint density at radius 1 is 1.13 bits per heavy atom. The average molecular weight is 259 g/mol. The minimum atomic E-state index is -4.18. The van der Waals surface area contributed by atoms with Gasteiger partial charge in [-0.2, -0.15) is 0 Å². The third-order valence-electron chi connectivity index (χ3n) is 2.20. The highest BCUT2D eigenvalue weighted by atomic mass is 31.2. The highest BCUT2D eigenvalue weighted by Gasteiger charge is 2.39. The van der Waals surface area contributed by atoms with Crippen molar-refractivity contribution in [2.75, 3.05) is 19.3 Å². The molecule has 0 aliphatic carbocycles. The van der Waals surface area contributed by atoms with Gasteiger partial charge in [-0.15, -0.1) is 0 Å². The predicted octanol–water partition coefficient (Wildman–Crippen LogP) is -0.236. The van der Waals surface area contributed by atoms with E-state index in [9.17, 15) is 9.13 Å². The Bertz CT molecular complexity index is 305. The Morgan fingerprint density at radius 2 is 1.67 bits per heavy atom. The first kappa shape index (κ1) is 13.3. The molecule has 1 fully saturated rings. The van der Waals surface area contributed by atoms with Crippen LogP contribution in [0.4, 0.5) is 0 Å². The van der Waals surface area contributed by atoms with E-state index in [1.54, 1.807) is 4.90 Å².